The summed E-state index contributed by atoms with van der Waals surface area (Å²) < 4.78 is 12.4. The molecule has 0 bridgehead atoms. The maximum absolute atomic E-state index is 12.3. The van der Waals surface area contributed by atoms with Gasteiger partial charge in [0.25, 0.3) is 5.91 Å². The second-order valence-corrected chi connectivity index (χ2v) is 7.80. The van der Waals surface area contributed by atoms with Crippen molar-refractivity contribution < 1.29 is 18.7 Å². The van der Waals surface area contributed by atoms with Gasteiger partial charge in [-0.3, -0.25) is 25.0 Å². The van der Waals surface area contributed by atoms with E-state index in [-0.39, 0.29) is 11.7 Å². The summed E-state index contributed by atoms with van der Waals surface area (Å²) in [6.07, 6.45) is 1.60. The van der Waals surface area contributed by atoms with Crippen LogP contribution in [0.15, 0.2) is 82.6 Å². The molecule has 4 aromatic rings. The molecule has 2 aromatic carbocycles. The van der Waals surface area contributed by atoms with Gasteiger partial charge in [0, 0.05) is 11.1 Å². The summed E-state index contributed by atoms with van der Waals surface area (Å²) in [5, 5.41) is 9.13. The first-order valence-electron chi connectivity index (χ1n) is 10.0. The highest BCUT2D eigenvalue weighted by Crippen LogP contribution is 2.25. The molecule has 9 nitrogen and oxygen atoms in total. The predicted octanol–water partition coefficient (Wildman–Crippen LogP) is 3.15. The van der Waals surface area contributed by atoms with Gasteiger partial charge in [0.1, 0.15) is 11.5 Å². The number of benzene rings is 2. The molecule has 0 radical (unpaired) electrons. The van der Waals surface area contributed by atoms with Gasteiger partial charge in [-0.15, -0.1) is 10.2 Å². The normalized spacial score (nSPS) is 10.6. The van der Waals surface area contributed by atoms with Crippen molar-refractivity contribution in [2.75, 3.05) is 12.9 Å². The third-order valence-electron chi connectivity index (χ3n) is 4.64. The molecule has 2 amide bonds. The van der Waals surface area contributed by atoms with E-state index in [1.807, 2.05) is 47.0 Å². The van der Waals surface area contributed by atoms with Crippen LogP contribution in [0.5, 0.6) is 5.75 Å². The summed E-state index contributed by atoms with van der Waals surface area (Å²) in [6.45, 7) is 0.419. The molecule has 4 rings (SSSR count). The lowest BCUT2D eigenvalue weighted by Crippen LogP contribution is -2.42. The van der Waals surface area contributed by atoms with E-state index in [4.69, 9.17) is 9.15 Å². The number of nitrogens with zero attached hydrogens (tertiary/aromatic N) is 3. The SMILES string of the molecule is COc1ccc(C(=O)NNC(=O)CSc2nnc(-c3ccccc3)n2Cc2ccco2)cc1. The lowest BCUT2D eigenvalue weighted by molar-refractivity contribution is -0.119. The minimum atomic E-state index is -0.427. The molecule has 0 aliphatic rings. The number of rotatable bonds is 8. The summed E-state index contributed by atoms with van der Waals surface area (Å²) in [7, 11) is 1.55. The summed E-state index contributed by atoms with van der Waals surface area (Å²) >= 11 is 1.21. The number of hydrogen-bond donors (Lipinski definition) is 2. The third-order valence-corrected chi connectivity index (χ3v) is 5.61. The molecule has 0 unspecified atom stereocenters. The van der Waals surface area contributed by atoms with Crippen LogP contribution >= 0.6 is 11.8 Å². The number of furan rings is 1. The Morgan fingerprint density at radius 2 is 1.79 bits per heavy atom. The maximum atomic E-state index is 12.3. The summed E-state index contributed by atoms with van der Waals surface area (Å²) in [4.78, 5) is 24.5. The van der Waals surface area contributed by atoms with E-state index in [2.05, 4.69) is 21.0 Å². The van der Waals surface area contributed by atoms with E-state index < -0.39 is 5.91 Å². The fourth-order valence-electron chi connectivity index (χ4n) is 3.00. The number of hydrazine groups is 1. The Hall–Kier alpha value is -4.05. The van der Waals surface area contributed by atoms with Gasteiger partial charge in [0.05, 0.1) is 25.7 Å². The number of thioether (sulfide) groups is 1. The molecule has 2 aromatic heterocycles. The highest BCUT2D eigenvalue weighted by Gasteiger charge is 2.17. The first-order chi connectivity index (χ1) is 16.1. The van der Waals surface area contributed by atoms with Crippen molar-refractivity contribution in [3.05, 3.63) is 84.3 Å². The quantitative estimate of drug-likeness (QED) is 0.305. The average Bonchev–Trinajstić information content (AvgIpc) is 3.52. The molecular weight excluding hydrogens is 442 g/mol. The Bertz CT molecular complexity index is 1210. The number of aromatic nitrogens is 3. The maximum Gasteiger partial charge on any atom is 0.269 e. The Balaban J connectivity index is 1.39. The summed E-state index contributed by atoms with van der Waals surface area (Å²) in [5.74, 6) is 1.28. The molecular formula is C23H21N5O4S. The van der Waals surface area contributed by atoms with Crippen LogP contribution in [0, 0.1) is 0 Å². The summed E-state index contributed by atoms with van der Waals surface area (Å²) in [6, 6.07) is 19.9. The molecule has 0 aliphatic carbocycles. The Morgan fingerprint density at radius 1 is 1.00 bits per heavy atom. The van der Waals surface area contributed by atoms with Gasteiger partial charge in [-0.05, 0) is 36.4 Å². The van der Waals surface area contributed by atoms with Gasteiger partial charge in [0.2, 0.25) is 5.91 Å². The van der Waals surface area contributed by atoms with E-state index in [1.165, 1.54) is 11.8 Å². The highest BCUT2D eigenvalue weighted by molar-refractivity contribution is 7.99. The van der Waals surface area contributed by atoms with Gasteiger partial charge < -0.3 is 9.15 Å². The molecule has 10 heteroatoms. The number of methoxy groups -OCH3 is 1. The van der Waals surface area contributed by atoms with E-state index in [0.29, 0.717) is 28.8 Å². The van der Waals surface area contributed by atoms with Crippen molar-refractivity contribution in [3.8, 4) is 17.1 Å². The minimum Gasteiger partial charge on any atom is -0.497 e. The second-order valence-electron chi connectivity index (χ2n) is 6.86. The van der Waals surface area contributed by atoms with Gasteiger partial charge in [-0.25, -0.2) is 0 Å². The first-order valence-corrected chi connectivity index (χ1v) is 11.0. The number of carbonyl (C=O) groups excluding carboxylic acids is 2. The highest BCUT2D eigenvalue weighted by atomic mass is 32.2. The van der Waals surface area contributed by atoms with Crippen molar-refractivity contribution in [2.45, 2.75) is 11.7 Å². The molecule has 2 N–H and O–H groups in total. The molecule has 0 saturated heterocycles. The van der Waals surface area contributed by atoms with Crippen LogP contribution in [-0.4, -0.2) is 39.4 Å². The fraction of sp³-hybridized carbons (Fsp3) is 0.130. The van der Waals surface area contributed by atoms with Gasteiger partial charge in [-0.1, -0.05) is 42.1 Å². The Kier molecular flexibility index (Phi) is 7.06. The van der Waals surface area contributed by atoms with Crippen LogP contribution in [0.4, 0.5) is 0 Å². The van der Waals surface area contributed by atoms with Crippen molar-refractivity contribution in [2.24, 2.45) is 0 Å². The Labute approximate surface area is 194 Å². The zero-order valence-electron chi connectivity index (χ0n) is 17.7. The number of nitrogens with one attached hydrogen (secondary N) is 2. The molecule has 168 valence electrons. The zero-order valence-corrected chi connectivity index (χ0v) is 18.5. The molecule has 0 spiro atoms. The van der Waals surface area contributed by atoms with Crippen LogP contribution < -0.4 is 15.6 Å². The molecule has 0 atom stereocenters. The van der Waals surface area contributed by atoms with Gasteiger partial charge in [0.15, 0.2) is 11.0 Å². The molecule has 0 fully saturated rings. The van der Waals surface area contributed by atoms with Crippen LogP contribution in [0.3, 0.4) is 0 Å². The number of hydrogen-bond acceptors (Lipinski definition) is 7. The van der Waals surface area contributed by atoms with Crippen molar-refractivity contribution in [3.63, 3.8) is 0 Å². The van der Waals surface area contributed by atoms with Crippen molar-refractivity contribution in [1.82, 2.24) is 25.6 Å². The smallest absolute Gasteiger partial charge is 0.269 e. The topological polar surface area (TPSA) is 111 Å². The van der Waals surface area contributed by atoms with Gasteiger partial charge in [-0.2, -0.15) is 0 Å². The van der Waals surface area contributed by atoms with Crippen LogP contribution in [0.1, 0.15) is 16.1 Å². The number of amides is 2. The Morgan fingerprint density at radius 3 is 2.48 bits per heavy atom. The third kappa shape index (κ3) is 5.60. The van der Waals surface area contributed by atoms with E-state index in [1.54, 1.807) is 37.6 Å². The van der Waals surface area contributed by atoms with Crippen LogP contribution in [0.25, 0.3) is 11.4 Å². The predicted molar refractivity (Wildman–Crippen MR) is 123 cm³/mol. The van der Waals surface area contributed by atoms with Crippen LogP contribution in [-0.2, 0) is 11.3 Å². The molecule has 2 heterocycles. The number of ether oxygens (including phenoxy) is 1. The second kappa shape index (κ2) is 10.5. The molecule has 33 heavy (non-hydrogen) atoms. The first kappa shape index (κ1) is 22.2. The number of carbonyl (C=O) groups is 2. The molecule has 0 aliphatic heterocycles. The fourth-order valence-corrected chi connectivity index (χ4v) is 3.74. The monoisotopic (exact) mass is 463 g/mol. The lowest BCUT2D eigenvalue weighted by atomic mass is 10.2. The van der Waals surface area contributed by atoms with E-state index in [0.717, 1.165) is 11.3 Å². The summed E-state index contributed by atoms with van der Waals surface area (Å²) in [5.41, 5.74) is 6.12. The van der Waals surface area contributed by atoms with E-state index >= 15 is 0 Å². The zero-order chi connectivity index (χ0) is 23.0. The average molecular weight is 464 g/mol. The minimum absolute atomic E-state index is 0.0357. The lowest BCUT2D eigenvalue weighted by Gasteiger charge is -2.10. The van der Waals surface area contributed by atoms with Crippen LogP contribution in [0.2, 0.25) is 0 Å². The van der Waals surface area contributed by atoms with Crippen molar-refractivity contribution >= 4 is 23.6 Å². The van der Waals surface area contributed by atoms with Gasteiger partial charge >= 0.3 is 0 Å². The largest absolute Gasteiger partial charge is 0.497 e. The van der Waals surface area contributed by atoms with Crippen molar-refractivity contribution in [1.29, 1.82) is 0 Å². The van der Waals surface area contributed by atoms with E-state index in [9.17, 15) is 9.59 Å². The molecule has 0 saturated carbocycles. The standard InChI is InChI=1S/C23H21N5O4S/c1-31-18-11-9-17(10-12-18)22(30)26-24-20(29)15-33-23-27-25-21(16-6-3-2-4-7-16)28(23)14-19-8-5-13-32-19/h2-13H,14-15H2,1H3,(H,24,29)(H,26,30).